The molecule has 1 saturated heterocycles. The molecule has 0 unspecified atom stereocenters. The minimum absolute atomic E-state index is 0.177. The zero-order chi connectivity index (χ0) is 19.9. The van der Waals surface area contributed by atoms with E-state index in [1.165, 1.54) is 0 Å². The van der Waals surface area contributed by atoms with Gasteiger partial charge in [-0.15, -0.1) is 0 Å². The fourth-order valence-corrected chi connectivity index (χ4v) is 3.49. The van der Waals surface area contributed by atoms with Crippen molar-refractivity contribution in [1.82, 2.24) is 9.97 Å². The number of ether oxygens (including phenoxy) is 1. The minimum atomic E-state index is -2.72. The Kier molecular flexibility index (Phi) is 4.56. The molecule has 28 heavy (non-hydrogen) atoms. The van der Waals surface area contributed by atoms with E-state index in [4.69, 9.17) is 4.74 Å². The van der Waals surface area contributed by atoms with Crippen LogP contribution in [0, 0.1) is 12.8 Å². The molecule has 1 atom stereocenters. The molecule has 4 rings (SSSR count). The number of aryl methyl sites for hydroxylation is 1. The summed E-state index contributed by atoms with van der Waals surface area (Å²) in [4.78, 5) is 34.6. The van der Waals surface area contributed by atoms with Crippen molar-refractivity contribution in [2.45, 2.75) is 38.2 Å². The van der Waals surface area contributed by atoms with Crippen LogP contribution in [0.1, 0.15) is 35.4 Å². The van der Waals surface area contributed by atoms with Gasteiger partial charge in [0.15, 0.2) is 11.9 Å². The van der Waals surface area contributed by atoms with Crippen molar-refractivity contribution in [2.75, 3.05) is 11.4 Å². The molecule has 146 valence electrons. The van der Waals surface area contributed by atoms with Gasteiger partial charge in [0.25, 0.3) is 5.91 Å². The smallest absolute Gasteiger partial charge is 0.268 e. The summed E-state index contributed by atoms with van der Waals surface area (Å²) < 4.78 is 31.7. The maximum Gasteiger partial charge on any atom is 0.268 e. The van der Waals surface area contributed by atoms with E-state index in [0.29, 0.717) is 35.8 Å². The van der Waals surface area contributed by atoms with Gasteiger partial charge < -0.3 is 9.64 Å². The van der Waals surface area contributed by atoms with Crippen LogP contribution < -0.4 is 9.64 Å². The highest BCUT2D eigenvalue weighted by atomic mass is 19.3. The average Bonchev–Trinajstić information content (AvgIpc) is 3.01. The van der Waals surface area contributed by atoms with Crippen LogP contribution in [0.3, 0.4) is 0 Å². The van der Waals surface area contributed by atoms with Gasteiger partial charge in [0.1, 0.15) is 11.6 Å². The van der Waals surface area contributed by atoms with Crippen molar-refractivity contribution in [1.29, 1.82) is 0 Å². The molecule has 1 aliphatic carbocycles. The van der Waals surface area contributed by atoms with E-state index >= 15 is 0 Å². The zero-order valence-electron chi connectivity index (χ0n) is 15.3. The number of rotatable bonds is 5. The van der Waals surface area contributed by atoms with Crippen molar-refractivity contribution >= 4 is 17.4 Å². The Labute approximate surface area is 160 Å². The minimum Gasteiger partial charge on any atom is -0.481 e. The molecule has 0 spiro atoms. The molecule has 1 aromatic heterocycles. The topological polar surface area (TPSA) is 72.4 Å². The van der Waals surface area contributed by atoms with Crippen LogP contribution in [0.4, 0.5) is 14.5 Å². The van der Waals surface area contributed by atoms with Crippen molar-refractivity contribution in [3.05, 3.63) is 48.0 Å². The molecular formula is C20H19F2N3O3. The Morgan fingerprint density at radius 1 is 1.18 bits per heavy atom. The number of ketones is 1. The van der Waals surface area contributed by atoms with E-state index in [9.17, 15) is 18.4 Å². The summed E-state index contributed by atoms with van der Waals surface area (Å²) in [6, 6.07) is 6.29. The molecule has 1 aromatic carbocycles. The molecule has 2 fully saturated rings. The van der Waals surface area contributed by atoms with E-state index in [-0.39, 0.29) is 24.5 Å². The molecule has 1 amide bonds. The summed E-state index contributed by atoms with van der Waals surface area (Å²) in [6.07, 6.45) is 2.32. The first-order valence-electron chi connectivity index (χ1n) is 9.11. The van der Waals surface area contributed by atoms with E-state index in [1.807, 2.05) is 0 Å². The fourth-order valence-electron chi connectivity index (χ4n) is 3.49. The highest BCUT2D eigenvalue weighted by Crippen LogP contribution is 2.43. The van der Waals surface area contributed by atoms with Crippen LogP contribution in [-0.2, 0) is 4.79 Å². The van der Waals surface area contributed by atoms with Crippen molar-refractivity contribution in [3.8, 4) is 5.75 Å². The van der Waals surface area contributed by atoms with Gasteiger partial charge in [0.2, 0.25) is 5.92 Å². The number of halogens is 2. The summed E-state index contributed by atoms with van der Waals surface area (Å²) in [6.45, 7) is 2.27. The number of hydrogen-bond acceptors (Lipinski definition) is 5. The van der Waals surface area contributed by atoms with Crippen LogP contribution in [0.2, 0.25) is 0 Å². The fraction of sp³-hybridized carbons (Fsp3) is 0.400. The molecule has 0 N–H and O–H groups in total. The Hall–Kier alpha value is -2.90. The van der Waals surface area contributed by atoms with Crippen LogP contribution >= 0.6 is 0 Å². The lowest BCUT2D eigenvalue weighted by Crippen LogP contribution is -2.39. The highest BCUT2D eigenvalue weighted by Gasteiger charge is 2.48. The van der Waals surface area contributed by atoms with Gasteiger partial charge in [-0.05, 0) is 31.2 Å². The lowest BCUT2D eigenvalue weighted by Gasteiger charge is -2.33. The first-order valence-corrected chi connectivity index (χ1v) is 9.11. The Morgan fingerprint density at radius 3 is 2.43 bits per heavy atom. The number of Topliss-reactive ketones (excluding diaryl/α,β-unsaturated/α-hetero) is 1. The highest BCUT2D eigenvalue weighted by molar-refractivity contribution is 5.99. The molecular weight excluding hydrogens is 368 g/mol. The monoisotopic (exact) mass is 387 g/mol. The average molecular weight is 387 g/mol. The predicted octanol–water partition coefficient (Wildman–Crippen LogP) is 3.20. The first-order chi connectivity index (χ1) is 13.3. The normalized spacial score (nSPS) is 21.5. The maximum atomic E-state index is 13.0. The standard InChI is InChI=1S/C20H19F2N3O3/c1-12-23-10-15(11-24-12)25-7-6-17(19(25)27)28-16-4-2-13(3-5-16)18(26)14-8-20(21,22)9-14/h2-5,10-11,14,17H,6-9H2,1H3/t17-/m1/s1. The largest absolute Gasteiger partial charge is 0.481 e. The summed E-state index contributed by atoms with van der Waals surface area (Å²) in [7, 11) is 0. The predicted molar refractivity (Wildman–Crippen MR) is 96.6 cm³/mol. The maximum absolute atomic E-state index is 13.0. The molecule has 1 saturated carbocycles. The number of amides is 1. The van der Waals surface area contributed by atoms with Gasteiger partial charge in [-0.1, -0.05) is 0 Å². The van der Waals surface area contributed by atoms with E-state index in [0.717, 1.165) is 0 Å². The van der Waals surface area contributed by atoms with Crippen LogP contribution in [-0.4, -0.2) is 40.2 Å². The number of alkyl halides is 2. The lowest BCUT2D eigenvalue weighted by atomic mass is 9.77. The molecule has 0 bridgehead atoms. The molecule has 2 aliphatic rings. The quantitative estimate of drug-likeness (QED) is 0.737. The number of nitrogens with zero attached hydrogens (tertiary/aromatic N) is 3. The molecule has 2 heterocycles. The number of carbonyl (C=O) groups excluding carboxylic acids is 2. The van der Waals surface area contributed by atoms with Crippen molar-refractivity contribution < 1.29 is 23.1 Å². The van der Waals surface area contributed by atoms with Gasteiger partial charge in [-0.3, -0.25) is 9.59 Å². The summed E-state index contributed by atoms with van der Waals surface area (Å²) in [5.74, 6) is -2.72. The second kappa shape index (κ2) is 6.92. The molecule has 8 heteroatoms. The van der Waals surface area contributed by atoms with Gasteiger partial charge in [-0.2, -0.15) is 0 Å². The first kappa shape index (κ1) is 18.5. The Bertz CT molecular complexity index is 892. The third-order valence-electron chi connectivity index (χ3n) is 5.11. The van der Waals surface area contributed by atoms with Gasteiger partial charge in [0.05, 0.1) is 18.1 Å². The number of hydrogen-bond donors (Lipinski definition) is 0. The van der Waals surface area contributed by atoms with Crippen LogP contribution in [0.15, 0.2) is 36.7 Å². The number of aromatic nitrogens is 2. The van der Waals surface area contributed by atoms with Crippen LogP contribution in [0.5, 0.6) is 5.75 Å². The Balaban J connectivity index is 1.38. The van der Waals surface area contributed by atoms with Gasteiger partial charge in [0, 0.05) is 37.3 Å². The van der Waals surface area contributed by atoms with Crippen molar-refractivity contribution in [2.24, 2.45) is 5.92 Å². The number of anilines is 1. The van der Waals surface area contributed by atoms with E-state index in [2.05, 4.69) is 9.97 Å². The van der Waals surface area contributed by atoms with Gasteiger partial charge in [-0.25, -0.2) is 18.7 Å². The number of benzene rings is 1. The second-order valence-electron chi connectivity index (χ2n) is 7.22. The van der Waals surface area contributed by atoms with Crippen LogP contribution in [0.25, 0.3) is 0 Å². The molecule has 0 radical (unpaired) electrons. The number of carbonyl (C=O) groups is 2. The summed E-state index contributed by atoms with van der Waals surface area (Å²) in [5, 5.41) is 0. The zero-order valence-corrected chi connectivity index (χ0v) is 15.3. The van der Waals surface area contributed by atoms with Crippen molar-refractivity contribution in [3.63, 3.8) is 0 Å². The Morgan fingerprint density at radius 2 is 1.82 bits per heavy atom. The third kappa shape index (κ3) is 3.58. The molecule has 6 nitrogen and oxygen atoms in total. The molecule has 2 aromatic rings. The van der Waals surface area contributed by atoms with Gasteiger partial charge >= 0.3 is 0 Å². The summed E-state index contributed by atoms with van der Waals surface area (Å²) >= 11 is 0. The van der Waals surface area contributed by atoms with E-state index in [1.54, 1.807) is 48.5 Å². The lowest BCUT2D eigenvalue weighted by molar-refractivity contribution is -0.122. The molecule has 1 aliphatic heterocycles. The third-order valence-corrected chi connectivity index (χ3v) is 5.11. The second-order valence-corrected chi connectivity index (χ2v) is 7.22. The van der Waals surface area contributed by atoms with E-state index < -0.39 is 17.9 Å². The SMILES string of the molecule is Cc1ncc(N2CC[C@@H](Oc3ccc(C(=O)C4CC(F)(F)C4)cc3)C2=O)cn1. The summed E-state index contributed by atoms with van der Waals surface area (Å²) in [5.41, 5.74) is 1.00.